The molecule has 6 heteroatoms. The molecule has 1 aliphatic heterocycles. The summed E-state index contributed by atoms with van der Waals surface area (Å²) in [6, 6.07) is 0.644. The molecule has 1 aliphatic rings. The van der Waals surface area contributed by atoms with Crippen LogP contribution in [0.3, 0.4) is 0 Å². The first-order valence-corrected chi connectivity index (χ1v) is 8.47. The fourth-order valence-electron chi connectivity index (χ4n) is 2.04. The highest BCUT2D eigenvalue weighted by molar-refractivity contribution is 7.89. The van der Waals surface area contributed by atoms with Crippen LogP contribution in [0.4, 0.5) is 0 Å². The van der Waals surface area contributed by atoms with Crippen LogP contribution in [-0.4, -0.2) is 57.8 Å². The molecule has 108 valence electrons. The minimum absolute atomic E-state index is 0.140. The van der Waals surface area contributed by atoms with E-state index in [1.54, 1.807) is 0 Å². The molecule has 1 saturated heterocycles. The summed E-state index contributed by atoms with van der Waals surface area (Å²) in [4.78, 5) is 2.22. The maximum absolute atomic E-state index is 11.8. The average Bonchev–Trinajstić information content (AvgIpc) is 2.75. The van der Waals surface area contributed by atoms with E-state index < -0.39 is 10.0 Å². The van der Waals surface area contributed by atoms with Crippen LogP contribution in [0.5, 0.6) is 0 Å². The summed E-state index contributed by atoms with van der Waals surface area (Å²) < 4.78 is 26.3. The Morgan fingerprint density at radius 1 is 1.44 bits per heavy atom. The first kappa shape index (κ1) is 15.9. The van der Waals surface area contributed by atoms with Crippen LogP contribution in [0.25, 0.3) is 0 Å². The minimum Gasteiger partial charge on any atom is -0.313 e. The van der Waals surface area contributed by atoms with E-state index in [4.69, 9.17) is 0 Å². The molecule has 1 rings (SSSR count). The number of hydrogen-bond donors (Lipinski definition) is 2. The van der Waals surface area contributed by atoms with Crippen molar-refractivity contribution in [3.8, 4) is 0 Å². The smallest absolute Gasteiger partial charge is 0.213 e. The highest BCUT2D eigenvalue weighted by Crippen LogP contribution is 2.06. The zero-order valence-electron chi connectivity index (χ0n) is 11.8. The standard InChI is InChI=1S/C12H27N3O2S/c1-11(2)15(3)9-5-8-14-18(16,17)10-12-6-4-7-13-12/h11-14H,4-10H2,1-3H3. The summed E-state index contributed by atoms with van der Waals surface area (Å²) in [5.74, 6) is 0.215. The van der Waals surface area contributed by atoms with E-state index in [1.165, 1.54) is 0 Å². The van der Waals surface area contributed by atoms with Gasteiger partial charge in [-0.2, -0.15) is 0 Å². The molecule has 0 aromatic carbocycles. The van der Waals surface area contributed by atoms with E-state index in [0.29, 0.717) is 12.6 Å². The molecule has 2 N–H and O–H groups in total. The van der Waals surface area contributed by atoms with Gasteiger partial charge in [0, 0.05) is 18.6 Å². The second kappa shape index (κ2) is 7.43. The van der Waals surface area contributed by atoms with Gasteiger partial charge < -0.3 is 10.2 Å². The van der Waals surface area contributed by atoms with Gasteiger partial charge in [0.15, 0.2) is 0 Å². The summed E-state index contributed by atoms with van der Waals surface area (Å²) in [7, 11) is -1.06. The highest BCUT2D eigenvalue weighted by Gasteiger charge is 2.21. The first-order valence-electron chi connectivity index (χ1n) is 6.81. The van der Waals surface area contributed by atoms with Gasteiger partial charge in [-0.25, -0.2) is 13.1 Å². The predicted molar refractivity (Wildman–Crippen MR) is 75.2 cm³/mol. The number of sulfonamides is 1. The topological polar surface area (TPSA) is 61.4 Å². The molecule has 1 unspecified atom stereocenters. The molecule has 1 atom stereocenters. The zero-order valence-corrected chi connectivity index (χ0v) is 12.6. The third-order valence-corrected chi connectivity index (χ3v) is 4.96. The molecule has 0 aliphatic carbocycles. The molecule has 0 aromatic heterocycles. The lowest BCUT2D eigenvalue weighted by atomic mass is 10.3. The molecule has 1 heterocycles. The summed E-state index contributed by atoms with van der Waals surface area (Å²) >= 11 is 0. The fourth-order valence-corrected chi connectivity index (χ4v) is 3.42. The molecule has 0 saturated carbocycles. The monoisotopic (exact) mass is 277 g/mol. The lowest BCUT2D eigenvalue weighted by molar-refractivity contribution is 0.271. The molecule has 1 fully saturated rings. The summed E-state index contributed by atoms with van der Waals surface area (Å²) in [5, 5.41) is 3.21. The lowest BCUT2D eigenvalue weighted by Crippen LogP contribution is -2.38. The Bertz CT molecular complexity index is 324. The van der Waals surface area contributed by atoms with Crippen LogP contribution < -0.4 is 10.0 Å². The van der Waals surface area contributed by atoms with Gasteiger partial charge in [-0.3, -0.25) is 0 Å². The van der Waals surface area contributed by atoms with Crippen molar-refractivity contribution < 1.29 is 8.42 Å². The molecule has 0 bridgehead atoms. The van der Waals surface area contributed by atoms with Gasteiger partial charge in [-0.05, 0) is 53.2 Å². The van der Waals surface area contributed by atoms with E-state index in [-0.39, 0.29) is 11.8 Å². The van der Waals surface area contributed by atoms with E-state index >= 15 is 0 Å². The Morgan fingerprint density at radius 2 is 2.17 bits per heavy atom. The summed E-state index contributed by atoms with van der Waals surface area (Å²) in [6.07, 6.45) is 2.91. The average molecular weight is 277 g/mol. The van der Waals surface area contributed by atoms with E-state index in [1.807, 2.05) is 0 Å². The normalized spacial score (nSPS) is 21.1. The molecule has 5 nitrogen and oxygen atoms in total. The molecule has 0 radical (unpaired) electrons. The van der Waals surface area contributed by atoms with Crippen molar-refractivity contribution in [2.24, 2.45) is 0 Å². The van der Waals surface area contributed by atoms with Gasteiger partial charge in [0.2, 0.25) is 10.0 Å². The van der Waals surface area contributed by atoms with Gasteiger partial charge in [-0.15, -0.1) is 0 Å². The summed E-state index contributed by atoms with van der Waals surface area (Å²) in [6.45, 7) is 6.67. The SMILES string of the molecule is CC(C)N(C)CCCNS(=O)(=O)CC1CCCN1. The Balaban J connectivity index is 2.17. The van der Waals surface area contributed by atoms with Crippen molar-refractivity contribution >= 4 is 10.0 Å². The van der Waals surface area contributed by atoms with Crippen LogP contribution in [0.2, 0.25) is 0 Å². The van der Waals surface area contributed by atoms with Crippen molar-refractivity contribution in [2.75, 3.05) is 32.4 Å². The van der Waals surface area contributed by atoms with Crippen LogP contribution >= 0.6 is 0 Å². The molecular formula is C12H27N3O2S. The van der Waals surface area contributed by atoms with Gasteiger partial charge in [0.1, 0.15) is 0 Å². The van der Waals surface area contributed by atoms with Crippen molar-refractivity contribution in [2.45, 2.75) is 45.2 Å². The Kier molecular flexibility index (Phi) is 6.55. The quantitative estimate of drug-likeness (QED) is 0.630. The maximum atomic E-state index is 11.8. The van der Waals surface area contributed by atoms with Crippen molar-refractivity contribution in [1.29, 1.82) is 0 Å². The minimum atomic E-state index is -3.11. The maximum Gasteiger partial charge on any atom is 0.213 e. The van der Waals surface area contributed by atoms with E-state index in [2.05, 4.69) is 35.8 Å². The largest absolute Gasteiger partial charge is 0.313 e. The van der Waals surface area contributed by atoms with Gasteiger partial charge >= 0.3 is 0 Å². The molecule has 18 heavy (non-hydrogen) atoms. The van der Waals surface area contributed by atoms with Crippen LogP contribution in [-0.2, 0) is 10.0 Å². The number of hydrogen-bond acceptors (Lipinski definition) is 4. The zero-order chi connectivity index (χ0) is 13.6. The van der Waals surface area contributed by atoms with Gasteiger partial charge in [-0.1, -0.05) is 0 Å². The summed E-state index contributed by atoms with van der Waals surface area (Å²) in [5.41, 5.74) is 0. The predicted octanol–water partition coefficient (Wildman–Crippen LogP) is 0.388. The molecular weight excluding hydrogens is 250 g/mol. The van der Waals surface area contributed by atoms with Crippen LogP contribution in [0.1, 0.15) is 33.1 Å². The van der Waals surface area contributed by atoms with E-state index in [9.17, 15) is 8.42 Å². The van der Waals surface area contributed by atoms with Crippen molar-refractivity contribution in [1.82, 2.24) is 14.9 Å². The molecule has 0 spiro atoms. The van der Waals surface area contributed by atoms with Crippen molar-refractivity contribution in [3.05, 3.63) is 0 Å². The first-order chi connectivity index (χ1) is 8.41. The number of nitrogens with zero attached hydrogens (tertiary/aromatic N) is 1. The molecule has 0 amide bonds. The van der Waals surface area contributed by atoms with Gasteiger partial charge in [0.25, 0.3) is 0 Å². The lowest BCUT2D eigenvalue weighted by Gasteiger charge is -2.20. The number of rotatable bonds is 8. The Hall–Kier alpha value is -0.170. The molecule has 0 aromatic rings. The Labute approximate surface area is 111 Å². The highest BCUT2D eigenvalue weighted by atomic mass is 32.2. The number of nitrogens with one attached hydrogen (secondary N) is 2. The van der Waals surface area contributed by atoms with Crippen LogP contribution in [0, 0.1) is 0 Å². The van der Waals surface area contributed by atoms with Crippen molar-refractivity contribution in [3.63, 3.8) is 0 Å². The third kappa shape index (κ3) is 6.13. The second-order valence-electron chi connectivity index (χ2n) is 5.40. The Morgan fingerprint density at radius 3 is 2.72 bits per heavy atom. The van der Waals surface area contributed by atoms with Crippen LogP contribution in [0.15, 0.2) is 0 Å². The van der Waals surface area contributed by atoms with Gasteiger partial charge in [0.05, 0.1) is 5.75 Å². The second-order valence-corrected chi connectivity index (χ2v) is 7.25. The fraction of sp³-hybridized carbons (Fsp3) is 1.00. The third-order valence-electron chi connectivity index (χ3n) is 3.47. The van der Waals surface area contributed by atoms with E-state index in [0.717, 1.165) is 32.4 Å².